The second-order valence-corrected chi connectivity index (χ2v) is 5.51. The molecule has 5 heteroatoms. The van der Waals surface area contributed by atoms with Crippen LogP contribution in [0.3, 0.4) is 0 Å². The smallest absolute Gasteiger partial charge is 0.194 e. The van der Waals surface area contributed by atoms with Gasteiger partial charge in [0.1, 0.15) is 11.6 Å². The van der Waals surface area contributed by atoms with Crippen molar-refractivity contribution in [2.75, 3.05) is 7.11 Å². The van der Waals surface area contributed by atoms with Gasteiger partial charge in [-0.15, -0.1) is 0 Å². The molecule has 2 aromatic carbocycles. The van der Waals surface area contributed by atoms with Crippen molar-refractivity contribution in [1.82, 2.24) is 0 Å². The fourth-order valence-corrected chi connectivity index (χ4v) is 2.60. The van der Waals surface area contributed by atoms with Crippen LogP contribution in [0.5, 0.6) is 5.75 Å². The molecule has 0 aliphatic heterocycles. The summed E-state index contributed by atoms with van der Waals surface area (Å²) in [5.74, 6) is -0.0660. The molecule has 0 aromatic heterocycles. The Morgan fingerprint density at radius 1 is 1.11 bits per heavy atom. The van der Waals surface area contributed by atoms with Crippen molar-refractivity contribution in [3.8, 4) is 5.75 Å². The van der Waals surface area contributed by atoms with Crippen LogP contribution in [0.4, 0.5) is 4.39 Å². The molecular weight excluding hydrogens is 379 g/mol. The van der Waals surface area contributed by atoms with Crippen molar-refractivity contribution in [1.29, 1.82) is 0 Å². The van der Waals surface area contributed by atoms with E-state index >= 15 is 0 Å². The van der Waals surface area contributed by atoms with E-state index in [1.807, 2.05) is 0 Å². The lowest BCUT2D eigenvalue weighted by Crippen LogP contribution is -2.03. The molecule has 2 nitrogen and oxygen atoms in total. The zero-order valence-electron chi connectivity index (χ0n) is 9.91. The quantitative estimate of drug-likeness (QED) is 0.720. The maximum absolute atomic E-state index is 13.2. The number of halogens is 3. The van der Waals surface area contributed by atoms with Crippen molar-refractivity contribution < 1.29 is 13.9 Å². The van der Waals surface area contributed by atoms with E-state index in [1.54, 1.807) is 25.3 Å². The maximum atomic E-state index is 13.2. The van der Waals surface area contributed by atoms with Crippen LogP contribution in [0.15, 0.2) is 45.3 Å². The van der Waals surface area contributed by atoms with E-state index in [2.05, 4.69) is 31.9 Å². The first-order chi connectivity index (χ1) is 9.02. The number of hydrogen-bond acceptors (Lipinski definition) is 2. The first kappa shape index (κ1) is 14.2. The second-order valence-electron chi connectivity index (χ2n) is 3.80. The Balaban J connectivity index is 2.44. The van der Waals surface area contributed by atoms with Crippen LogP contribution < -0.4 is 4.74 Å². The number of methoxy groups -OCH3 is 1. The summed E-state index contributed by atoms with van der Waals surface area (Å²) in [4.78, 5) is 12.3. The van der Waals surface area contributed by atoms with E-state index in [0.717, 1.165) is 0 Å². The Kier molecular flexibility index (Phi) is 4.37. The third kappa shape index (κ3) is 3.04. The van der Waals surface area contributed by atoms with Crippen LogP contribution >= 0.6 is 31.9 Å². The Labute approximate surface area is 126 Å². The summed E-state index contributed by atoms with van der Waals surface area (Å²) in [6.45, 7) is 0. The molecule has 0 saturated heterocycles. The molecule has 0 radical (unpaired) electrons. The van der Waals surface area contributed by atoms with Gasteiger partial charge in [0.2, 0.25) is 0 Å². The highest BCUT2D eigenvalue weighted by atomic mass is 79.9. The number of benzene rings is 2. The number of carbonyl (C=O) groups excluding carboxylic acids is 1. The number of carbonyl (C=O) groups is 1. The number of rotatable bonds is 3. The van der Waals surface area contributed by atoms with Gasteiger partial charge in [0, 0.05) is 15.6 Å². The molecule has 0 aliphatic carbocycles. The van der Waals surface area contributed by atoms with Crippen molar-refractivity contribution >= 4 is 37.6 Å². The molecule has 0 N–H and O–H groups in total. The van der Waals surface area contributed by atoms with Crippen LogP contribution in [0.1, 0.15) is 15.9 Å². The molecule has 0 amide bonds. The van der Waals surface area contributed by atoms with E-state index in [-0.39, 0.29) is 11.3 Å². The van der Waals surface area contributed by atoms with E-state index in [1.165, 1.54) is 18.2 Å². The van der Waals surface area contributed by atoms with Gasteiger partial charge < -0.3 is 4.74 Å². The zero-order valence-corrected chi connectivity index (χ0v) is 13.1. The SMILES string of the molecule is COc1ccc(C(=O)c2cc(F)ccc2Br)cc1Br. The van der Waals surface area contributed by atoms with Gasteiger partial charge in [-0.3, -0.25) is 4.79 Å². The first-order valence-corrected chi connectivity index (χ1v) is 6.95. The Bertz CT molecular complexity index is 641. The predicted octanol–water partition coefficient (Wildman–Crippen LogP) is 4.59. The van der Waals surface area contributed by atoms with E-state index < -0.39 is 5.82 Å². The number of hydrogen-bond donors (Lipinski definition) is 0. The van der Waals surface area contributed by atoms with Crippen molar-refractivity contribution in [3.05, 3.63) is 62.3 Å². The average Bonchev–Trinajstić information content (AvgIpc) is 2.40. The average molecular weight is 388 g/mol. The summed E-state index contributed by atoms with van der Waals surface area (Å²) in [5, 5.41) is 0. The molecule has 0 aliphatic rings. The summed E-state index contributed by atoms with van der Waals surface area (Å²) in [6.07, 6.45) is 0. The largest absolute Gasteiger partial charge is 0.496 e. The van der Waals surface area contributed by atoms with Gasteiger partial charge in [0.25, 0.3) is 0 Å². The molecule has 2 rings (SSSR count). The molecule has 0 bridgehead atoms. The van der Waals surface area contributed by atoms with Crippen molar-refractivity contribution in [2.45, 2.75) is 0 Å². The fraction of sp³-hybridized carbons (Fsp3) is 0.0714. The molecule has 98 valence electrons. The number of ether oxygens (including phenoxy) is 1. The topological polar surface area (TPSA) is 26.3 Å². The zero-order chi connectivity index (χ0) is 14.0. The van der Waals surface area contributed by atoms with E-state index in [4.69, 9.17) is 4.74 Å². The van der Waals surface area contributed by atoms with Gasteiger partial charge in [-0.25, -0.2) is 4.39 Å². The molecular formula is C14H9Br2FO2. The van der Waals surface area contributed by atoms with Gasteiger partial charge >= 0.3 is 0 Å². The fourth-order valence-electron chi connectivity index (χ4n) is 1.63. The molecule has 0 heterocycles. The Morgan fingerprint density at radius 3 is 2.47 bits per heavy atom. The summed E-state index contributed by atoms with van der Waals surface area (Å²) in [6, 6.07) is 9.00. The lowest BCUT2D eigenvalue weighted by atomic mass is 10.0. The molecule has 0 unspecified atom stereocenters. The lowest BCUT2D eigenvalue weighted by Gasteiger charge is -2.07. The highest BCUT2D eigenvalue weighted by Crippen LogP contribution is 2.28. The molecule has 0 spiro atoms. The van der Waals surface area contributed by atoms with Gasteiger partial charge in [-0.2, -0.15) is 0 Å². The molecule has 0 fully saturated rings. The monoisotopic (exact) mass is 386 g/mol. The highest BCUT2D eigenvalue weighted by Gasteiger charge is 2.15. The third-order valence-electron chi connectivity index (χ3n) is 2.59. The minimum absolute atomic E-state index is 0.255. The summed E-state index contributed by atoms with van der Waals surface area (Å²) in [5.41, 5.74) is 0.746. The second kappa shape index (κ2) is 5.84. The summed E-state index contributed by atoms with van der Waals surface area (Å²) >= 11 is 6.57. The Hall–Kier alpha value is -1.20. The normalized spacial score (nSPS) is 10.3. The van der Waals surface area contributed by atoms with E-state index in [0.29, 0.717) is 20.3 Å². The minimum Gasteiger partial charge on any atom is -0.496 e. The molecule has 0 atom stereocenters. The minimum atomic E-state index is -0.445. The van der Waals surface area contributed by atoms with Crippen LogP contribution in [-0.4, -0.2) is 12.9 Å². The van der Waals surface area contributed by atoms with Gasteiger partial charge in [-0.05, 0) is 52.3 Å². The third-order valence-corrected chi connectivity index (χ3v) is 3.90. The van der Waals surface area contributed by atoms with E-state index in [9.17, 15) is 9.18 Å². The molecule has 0 saturated carbocycles. The van der Waals surface area contributed by atoms with Crippen LogP contribution in [0.25, 0.3) is 0 Å². The highest BCUT2D eigenvalue weighted by molar-refractivity contribution is 9.10. The van der Waals surface area contributed by atoms with Crippen LogP contribution in [0.2, 0.25) is 0 Å². The first-order valence-electron chi connectivity index (χ1n) is 5.36. The van der Waals surface area contributed by atoms with Crippen molar-refractivity contribution in [3.63, 3.8) is 0 Å². The number of ketones is 1. The van der Waals surface area contributed by atoms with Crippen LogP contribution in [0, 0.1) is 5.82 Å². The van der Waals surface area contributed by atoms with Crippen LogP contribution in [-0.2, 0) is 0 Å². The Morgan fingerprint density at radius 2 is 1.84 bits per heavy atom. The summed E-state index contributed by atoms with van der Waals surface area (Å²) in [7, 11) is 1.55. The van der Waals surface area contributed by atoms with Crippen molar-refractivity contribution in [2.24, 2.45) is 0 Å². The summed E-state index contributed by atoms with van der Waals surface area (Å²) < 4.78 is 19.6. The van der Waals surface area contributed by atoms with Gasteiger partial charge in [0.15, 0.2) is 5.78 Å². The standard InChI is InChI=1S/C14H9Br2FO2/c1-19-13-5-2-8(6-12(13)16)14(18)10-7-9(17)3-4-11(10)15/h2-7H,1H3. The molecule has 19 heavy (non-hydrogen) atoms. The predicted molar refractivity (Wildman–Crippen MR) is 78.2 cm³/mol. The lowest BCUT2D eigenvalue weighted by molar-refractivity contribution is 0.103. The van der Waals surface area contributed by atoms with Gasteiger partial charge in [-0.1, -0.05) is 15.9 Å². The van der Waals surface area contributed by atoms with Gasteiger partial charge in [0.05, 0.1) is 11.6 Å². The molecule has 2 aromatic rings. The maximum Gasteiger partial charge on any atom is 0.194 e.